The molecule has 0 aliphatic carbocycles. The first-order chi connectivity index (χ1) is 10.4. The number of aryl methyl sites for hydroxylation is 1. The Hall–Kier alpha value is -2.04. The zero-order valence-electron chi connectivity index (χ0n) is 11.9. The van der Waals surface area contributed by atoms with Crippen molar-refractivity contribution >= 4 is 40.8 Å². The molecule has 2 rings (SSSR count). The largest absolute Gasteiger partial charge is 0.426 e. The van der Waals surface area contributed by atoms with E-state index in [1.54, 1.807) is 12.1 Å². The average Bonchev–Trinajstić information content (AvgIpc) is 2.43. The predicted molar refractivity (Wildman–Crippen MR) is 86.9 cm³/mol. The number of halogens is 2. The number of esters is 1. The summed E-state index contributed by atoms with van der Waals surface area (Å²) < 4.78 is 5.02. The van der Waals surface area contributed by atoms with Crippen molar-refractivity contribution in [2.24, 2.45) is 0 Å². The van der Waals surface area contributed by atoms with Crippen molar-refractivity contribution in [2.45, 2.75) is 13.8 Å². The van der Waals surface area contributed by atoms with Crippen molar-refractivity contribution in [1.29, 1.82) is 0 Å². The molecule has 114 valence electrons. The van der Waals surface area contributed by atoms with Crippen molar-refractivity contribution in [3.8, 4) is 5.75 Å². The molecular weight excluding hydrogens is 325 g/mol. The standard InChI is InChI=1S/C16H13Cl2NO3/c1-9-3-5-14(13(18)7-9)19-16(21)12-8-11(17)4-6-15(12)22-10(2)20/h3-8H,1-2H3,(H,19,21). The Balaban J connectivity index is 2.32. The molecule has 0 atom stereocenters. The summed E-state index contributed by atoms with van der Waals surface area (Å²) in [5.74, 6) is -0.855. The number of carbonyl (C=O) groups is 2. The summed E-state index contributed by atoms with van der Waals surface area (Å²) in [6, 6.07) is 9.70. The molecule has 1 N–H and O–H groups in total. The lowest BCUT2D eigenvalue weighted by molar-refractivity contribution is -0.131. The molecule has 22 heavy (non-hydrogen) atoms. The number of carbonyl (C=O) groups excluding carboxylic acids is 2. The molecular formula is C16H13Cl2NO3. The van der Waals surface area contributed by atoms with E-state index in [1.165, 1.54) is 25.1 Å². The molecule has 0 saturated carbocycles. The van der Waals surface area contributed by atoms with E-state index in [9.17, 15) is 9.59 Å². The fourth-order valence-electron chi connectivity index (χ4n) is 1.83. The Bertz CT molecular complexity index is 744. The number of amides is 1. The van der Waals surface area contributed by atoms with E-state index in [2.05, 4.69) is 5.32 Å². The molecule has 1 amide bonds. The molecule has 0 aliphatic rings. The van der Waals surface area contributed by atoms with Gasteiger partial charge in [-0.1, -0.05) is 29.3 Å². The number of ether oxygens (including phenoxy) is 1. The summed E-state index contributed by atoms with van der Waals surface area (Å²) in [5, 5.41) is 3.45. The van der Waals surface area contributed by atoms with Crippen molar-refractivity contribution in [2.75, 3.05) is 5.32 Å². The second-order valence-electron chi connectivity index (χ2n) is 4.67. The molecule has 2 aromatic carbocycles. The fraction of sp³-hybridized carbons (Fsp3) is 0.125. The van der Waals surface area contributed by atoms with Gasteiger partial charge in [0.2, 0.25) is 0 Å². The van der Waals surface area contributed by atoms with Gasteiger partial charge >= 0.3 is 5.97 Å². The summed E-state index contributed by atoms with van der Waals surface area (Å²) in [4.78, 5) is 23.5. The molecule has 0 aromatic heterocycles. The van der Waals surface area contributed by atoms with E-state index in [0.29, 0.717) is 15.7 Å². The van der Waals surface area contributed by atoms with Crippen molar-refractivity contribution < 1.29 is 14.3 Å². The SMILES string of the molecule is CC(=O)Oc1ccc(Cl)cc1C(=O)Nc1ccc(C)cc1Cl. The van der Waals surface area contributed by atoms with Crippen LogP contribution in [0, 0.1) is 6.92 Å². The van der Waals surface area contributed by atoms with E-state index in [0.717, 1.165) is 5.56 Å². The van der Waals surface area contributed by atoms with Crippen LogP contribution >= 0.6 is 23.2 Å². The Labute approximate surface area is 138 Å². The number of benzene rings is 2. The van der Waals surface area contributed by atoms with Crippen LogP contribution in [0.3, 0.4) is 0 Å². The van der Waals surface area contributed by atoms with Crippen LogP contribution in [0.2, 0.25) is 10.0 Å². The van der Waals surface area contributed by atoms with Crippen LogP contribution in [0.25, 0.3) is 0 Å². The predicted octanol–water partition coefficient (Wildman–Crippen LogP) is 4.48. The van der Waals surface area contributed by atoms with Crippen LogP contribution in [0.5, 0.6) is 5.75 Å². The number of nitrogens with one attached hydrogen (secondary N) is 1. The minimum atomic E-state index is -0.523. The molecule has 0 fully saturated rings. The monoisotopic (exact) mass is 337 g/mol. The van der Waals surface area contributed by atoms with Gasteiger partial charge in [0.1, 0.15) is 5.75 Å². The van der Waals surface area contributed by atoms with Crippen LogP contribution in [-0.4, -0.2) is 11.9 Å². The highest BCUT2D eigenvalue weighted by atomic mass is 35.5. The highest BCUT2D eigenvalue weighted by Gasteiger charge is 2.16. The maximum atomic E-state index is 12.4. The third-order valence-electron chi connectivity index (χ3n) is 2.81. The maximum absolute atomic E-state index is 12.4. The van der Waals surface area contributed by atoms with Gasteiger partial charge in [0.15, 0.2) is 0 Å². The molecule has 0 unspecified atom stereocenters. The van der Waals surface area contributed by atoms with Gasteiger partial charge in [0.05, 0.1) is 16.3 Å². The van der Waals surface area contributed by atoms with E-state index < -0.39 is 11.9 Å². The lowest BCUT2D eigenvalue weighted by Gasteiger charge is -2.11. The number of hydrogen-bond acceptors (Lipinski definition) is 3. The van der Waals surface area contributed by atoms with Crippen molar-refractivity contribution in [1.82, 2.24) is 0 Å². The molecule has 0 heterocycles. The molecule has 0 bridgehead atoms. The highest BCUT2D eigenvalue weighted by molar-refractivity contribution is 6.34. The zero-order chi connectivity index (χ0) is 16.3. The average molecular weight is 338 g/mol. The van der Waals surface area contributed by atoms with Gasteiger partial charge in [-0.2, -0.15) is 0 Å². The molecule has 2 aromatic rings. The van der Waals surface area contributed by atoms with Crippen LogP contribution < -0.4 is 10.1 Å². The van der Waals surface area contributed by atoms with E-state index in [-0.39, 0.29) is 11.3 Å². The normalized spacial score (nSPS) is 10.2. The molecule has 0 spiro atoms. The first-order valence-corrected chi connectivity index (χ1v) is 7.18. The van der Waals surface area contributed by atoms with Gasteiger partial charge in [-0.15, -0.1) is 0 Å². The van der Waals surface area contributed by atoms with Gasteiger partial charge in [0.25, 0.3) is 5.91 Å². The smallest absolute Gasteiger partial charge is 0.308 e. The first kappa shape index (κ1) is 16.3. The Morgan fingerprint density at radius 2 is 1.82 bits per heavy atom. The highest BCUT2D eigenvalue weighted by Crippen LogP contribution is 2.27. The second-order valence-corrected chi connectivity index (χ2v) is 5.52. The van der Waals surface area contributed by atoms with E-state index in [4.69, 9.17) is 27.9 Å². The lowest BCUT2D eigenvalue weighted by atomic mass is 10.1. The molecule has 6 heteroatoms. The number of hydrogen-bond donors (Lipinski definition) is 1. The van der Waals surface area contributed by atoms with Gasteiger partial charge in [0, 0.05) is 11.9 Å². The maximum Gasteiger partial charge on any atom is 0.308 e. The molecule has 0 radical (unpaired) electrons. The minimum Gasteiger partial charge on any atom is -0.426 e. The summed E-state index contributed by atoms with van der Waals surface area (Å²) in [5.41, 5.74) is 1.59. The third kappa shape index (κ3) is 4.00. The van der Waals surface area contributed by atoms with Gasteiger partial charge in [-0.3, -0.25) is 9.59 Å². The number of anilines is 1. The number of rotatable bonds is 3. The molecule has 0 aliphatic heterocycles. The zero-order valence-corrected chi connectivity index (χ0v) is 13.5. The van der Waals surface area contributed by atoms with Crippen LogP contribution in [-0.2, 0) is 4.79 Å². The van der Waals surface area contributed by atoms with Crippen LogP contribution in [0.4, 0.5) is 5.69 Å². The van der Waals surface area contributed by atoms with Gasteiger partial charge < -0.3 is 10.1 Å². The van der Waals surface area contributed by atoms with Crippen molar-refractivity contribution in [3.05, 3.63) is 57.6 Å². The first-order valence-electron chi connectivity index (χ1n) is 6.42. The summed E-state index contributed by atoms with van der Waals surface area (Å²) in [6.45, 7) is 3.15. The van der Waals surface area contributed by atoms with E-state index >= 15 is 0 Å². The summed E-state index contributed by atoms with van der Waals surface area (Å²) >= 11 is 12.0. The topological polar surface area (TPSA) is 55.4 Å². The fourth-order valence-corrected chi connectivity index (χ4v) is 2.29. The third-order valence-corrected chi connectivity index (χ3v) is 3.36. The van der Waals surface area contributed by atoms with Gasteiger partial charge in [-0.25, -0.2) is 0 Å². The summed E-state index contributed by atoms with van der Waals surface area (Å²) in [7, 11) is 0. The molecule has 4 nitrogen and oxygen atoms in total. The Morgan fingerprint density at radius 3 is 2.45 bits per heavy atom. The molecule has 0 saturated heterocycles. The summed E-state index contributed by atoms with van der Waals surface area (Å²) in [6.07, 6.45) is 0. The second kappa shape index (κ2) is 6.81. The van der Waals surface area contributed by atoms with Crippen LogP contribution in [0.15, 0.2) is 36.4 Å². The Kier molecular flexibility index (Phi) is 5.06. The minimum absolute atomic E-state index is 0.137. The van der Waals surface area contributed by atoms with Gasteiger partial charge in [-0.05, 0) is 42.8 Å². The quantitative estimate of drug-likeness (QED) is 0.663. The lowest BCUT2D eigenvalue weighted by Crippen LogP contribution is -2.15. The van der Waals surface area contributed by atoms with E-state index in [1.807, 2.05) is 13.0 Å². The van der Waals surface area contributed by atoms with Crippen molar-refractivity contribution in [3.63, 3.8) is 0 Å². The van der Waals surface area contributed by atoms with Crippen LogP contribution in [0.1, 0.15) is 22.8 Å². The Morgan fingerprint density at radius 1 is 1.09 bits per heavy atom.